The summed E-state index contributed by atoms with van der Waals surface area (Å²) in [5.74, 6) is 0.746. The van der Waals surface area contributed by atoms with Crippen LogP contribution in [0.2, 0.25) is 0 Å². The van der Waals surface area contributed by atoms with Gasteiger partial charge in [-0.15, -0.1) is 0 Å². The first kappa shape index (κ1) is 10.8. The Labute approximate surface area is 82.6 Å². The molecule has 0 aliphatic carbocycles. The van der Waals surface area contributed by atoms with Gasteiger partial charge in [0.05, 0.1) is 0 Å². The molecule has 1 aliphatic heterocycles. The molecular formula is C7H13NO3S2. The summed E-state index contributed by atoms with van der Waals surface area (Å²) in [6, 6.07) is 0. The lowest BCUT2D eigenvalue weighted by atomic mass is 10.1. The predicted molar refractivity (Wildman–Crippen MR) is 54.8 cm³/mol. The third-order valence-corrected chi connectivity index (χ3v) is 3.74. The van der Waals surface area contributed by atoms with Crippen molar-refractivity contribution in [3.05, 3.63) is 0 Å². The van der Waals surface area contributed by atoms with Gasteiger partial charge in [-0.1, -0.05) is 5.16 Å². The molecule has 0 unspecified atom stereocenters. The molecule has 0 N–H and O–H groups in total. The van der Waals surface area contributed by atoms with E-state index in [1.165, 1.54) is 0 Å². The summed E-state index contributed by atoms with van der Waals surface area (Å²) in [6.07, 6.45) is 3.49. The Kier molecular flexibility index (Phi) is 2.91. The highest BCUT2D eigenvalue weighted by molar-refractivity contribution is 8.05. The van der Waals surface area contributed by atoms with Gasteiger partial charge in [0.2, 0.25) is 0 Å². The van der Waals surface area contributed by atoms with Crippen LogP contribution in [0.5, 0.6) is 0 Å². The van der Waals surface area contributed by atoms with Crippen LogP contribution in [0.25, 0.3) is 0 Å². The first-order chi connectivity index (χ1) is 5.87. The first-order valence-electron chi connectivity index (χ1n) is 3.81. The maximum atomic E-state index is 11.1. The topological polar surface area (TPSA) is 55.7 Å². The molecule has 13 heavy (non-hydrogen) atoms. The second-order valence-electron chi connectivity index (χ2n) is 3.41. The molecule has 1 heterocycles. The number of sulfone groups is 1. The zero-order valence-electron chi connectivity index (χ0n) is 7.90. The molecule has 6 heteroatoms. The number of nitrogens with zero attached hydrogens (tertiary/aromatic N) is 1. The summed E-state index contributed by atoms with van der Waals surface area (Å²) < 4.78 is 22.2. The van der Waals surface area contributed by atoms with Crippen LogP contribution in [0.3, 0.4) is 0 Å². The van der Waals surface area contributed by atoms with E-state index in [1.54, 1.807) is 11.8 Å². The van der Waals surface area contributed by atoms with Gasteiger partial charge >= 0.3 is 0 Å². The Morgan fingerprint density at radius 2 is 2.31 bits per heavy atom. The van der Waals surface area contributed by atoms with Gasteiger partial charge in [0.1, 0.15) is 5.60 Å². The van der Waals surface area contributed by atoms with Gasteiger partial charge in [0, 0.05) is 18.4 Å². The molecular weight excluding hydrogens is 210 g/mol. The van der Waals surface area contributed by atoms with Crippen molar-refractivity contribution in [2.45, 2.75) is 18.9 Å². The maximum Gasteiger partial charge on any atom is 0.192 e. The normalized spacial score (nSPS) is 28.4. The average molecular weight is 223 g/mol. The lowest BCUT2D eigenvalue weighted by molar-refractivity contribution is 0.0164. The molecule has 76 valence electrons. The van der Waals surface area contributed by atoms with E-state index in [-0.39, 0.29) is 5.04 Å². The van der Waals surface area contributed by atoms with E-state index in [1.807, 2.05) is 13.2 Å². The van der Waals surface area contributed by atoms with Crippen LogP contribution in [-0.2, 0) is 14.7 Å². The Morgan fingerprint density at radius 1 is 1.69 bits per heavy atom. The summed E-state index contributed by atoms with van der Waals surface area (Å²) in [5, 5.41) is 3.75. The fourth-order valence-corrected chi connectivity index (χ4v) is 2.63. The molecule has 0 aromatic rings. The van der Waals surface area contributed by atoms with Gasteiger partial charge in [0.15, 0.2) is 14.9 Å². The molecule has 4 nitrogen and oxygen atoms in total. The number of thioether (sulfide) groups is 1. The van der Waals surface area contributed by atoms with Crippen LogP contribution in [-0.4, -0.2) is 37.3 Å². The molecule has 1 rings (SSSR count). The van der Waals surface area contributed by atoms with E-state index in [2.05, 4.69) is 5.16 Å². The molecule has 0 radical (unpaired) electrons. The second-order valence-corrected chi connectivity index (χ2v) is 6.29. The number of hydrogen-bond acceptors (Lipinski definition) is 5. The summed E-state index contributed by atoms with van der Waals surface area (Å²) in [7, 11) is -3.18. The van der Waals surface area contributed by atoms with Crippen LogP contribution < -0.4 is 0 Å². The first-order valence-corrected chi connectivity index (χ1v) is 7.10. The number of hydrogen-bond donors (Lipinski definition) is 0. The minimum absolute atomic E-state index is 0.157. The van der Waals surface area contributed by atoms with Crippen molar-refractivity contribution in [1.82, 2.24) is 0 Å². The lowest BCUT2D eigenvalue weighted by Crippen LogP contribution is -2.29. The summed E-state index contributed by atoms with van der Waals surface area (Å²) >= 11 is 1.62. The number of oxime groups is 1. The van der Waals surface area contributed by atoms with E-state index in [9.17, 15) is 8.42 Å². The monoisotopic (exact) mass is 223 g/mol. The van der Waals surface area contributed by atoms with Crippen molar-refractivity contribution in [3.8, 4) is 0 Å². The van der Waals surface area contributed by atoms with Crippen molar-refractivity contribution in [2.24, 2.45) is 5.16 Å². The van der Waals surface area contributed by atoms with Gasteiger partial charge in [-0.05, 0) is 13.2 Å². The highest BCUT2D eigenvalue weighted by atomic mass is 32.2. The fourth-order valence-electron chi connectivity index (χ4n) is 1.13. The summed E-state index contributed by atoms with van der Waals surface area (Å²) in [6.45, 7) is 1.87. The lowest BCUT2D eigenvalue weighted by Gasteiger charge is -2.19. The molecule has 0 amide bonds. The van der Waals surface area contributed by atoms with Crippen molar-refractivity contribution in [3.63, 3.8) is 0 Å². The van der Waals surface area contributed by atoms with Gasteiger partial charge in [-0.25, -0.2) is 8.42 Å². The molecule has 0 bridgehead atoms. The Bertz CT molecular complexity index is 323. The Morgan fingerprint density at radius 3 is 2.69 bits per heavy atom. The van der Waals surface area contributed by atoms with Gasteiger partial charge in [-0.2, -0.15) is 11.8 Å². The van der Waals surface area contributed by atoms with E-state index < -0.39 is 15.4 Å². The van der Waals surface area contributed by atoms with Crippen LogP contribution in [0.1, 0.15) is 13.3 Å². The third kappa shape index (κ3) is 2.60. The molecule has 0 saturated carbocycles. The van der Waals surface area contributed by atoms with E-state index in [0.29, 0.717) is 6.42 Å². The zero-order chi connectivity index (χ0) is 10.1. The molecule has 0 fully saturated rings. The van der Waals surface area contributed by atoms with Crippen LogP contribution in [0, 0.1) is 0 Å². The minimum atomic E-state index is -3.18. The maximum absolute atomic E-state index is 11.1. The van der Waals surface area contributed by atoms with E-state index >= 15 is 0 Å². The fraction of sp³-hybridized carbons (Fsp3) is 0.857. The Balaban J connectivity index is 2.71. The van der Waals surface area contributed by atoms with Crippen molar-refractivity contribution in [2.75, 3.05) is 18.3 Å². The quantitative estimate of drug-likeness (QED) is 0.697. The SMILES string of the molecule is CSC[C@@]1(C)CC(S(C)(=O)=O)=NO1. The van der Waals surface area contributed by atoms with E-state index in [0.717, 1.165) is 12.0 Å². The van der Waals surface area contributed by atoms with Gasteiger partial charge in [0.25, 0.3) is 0 Å². The molecule has 0 aromatic heterocycles. The van der Waals surface area contributed by atoms with Crippen LogP contribution in [0.15, 0.2) is 5.16 Å². The zero-order valence-corrected chi connectivity index (χ0v) is 9.54. The minimum Gasteiger partial charge on any atom is -0.387 e. The van der Waals surface area contributed by atoms with Crippen molar-refractivity contribution >= 4 is 26.6 Å². The highest BCUT2D eigenvalue weighted by Crippen LogP contribution is 2.28. The standard InChI is InChI=1S/C7H13NO3S2/c1-7(5-12-2)4-6(8-11-7)13(3,9)10/h4-5H2,1-3H3/t7-/m1/s1. The molecule has 0 aromatic carbocycles. The van der Waals surface area contributed by atoms with Crippen molar-refractivity contribution in [1.29, 1.82) is 0 Å². The van der Waals surface area contributed by atoms with Crippen molar-refractivity contribution < 1.29 is 13.3 Å². The molecule has 1 atom stereocenters. The smallest absolute Gasteiger partial charge is 0.192 e. The summed E-state index contributed by atoms with van der Waals surface area (Å²) in [5.41, 5.74) is -0.447. The molecule has 1 aliphatic rings. The Hall–Kier alpha value is -0.230. The van der Waals surface area contributed by atoms with Crippen LogP contribution >= 0.6 is 11.8 Å². The average Bonchev–Trinajstić information content (AvgIpc) is 2.31. The molecule has 0 spiro atoms. The number of rotatable bonds is 2. The van der Waals surface area contributed by atoms with E-state index in [4.69, 9.17) is 4.84 Å². The van der Waals surface area contributed by atoms with Gasteiger partial charge in [-0.3, -0.25) is 0 Å². The largest absolute Gasteiger partial charge is 0.387 e. The third-order valence-electron chi connectivity index (χ3n) is 1.77. The summed E-state index contributed by atoms with van der Waals surface area (Å²) in [4.78, 5) is 5.11. The molecule has 0 saturated heterocycles. The van der Waals surface area contributed by atoms with Gasteiger partial charge < -0.3 is 4.84 Å². The predicted octanol–water partition coefficient (Wildman–Crippen LogP) is 0.887. The van der Waals surface area contributed by atoms with Crippen LogP contribution in [0.4, 0.5) is 0 Å². The second kappa shape index (κ2) is 3.49. The highest BCUT2D eigenvalue weighted by Gasteiger charge is 2.37.